The van der Waals surface area contributed by atoms with Gasteiger partial charge in [0.05, 0.1) is 16.3 Å². The third-order valence-corrected chi connectivity index (χ3v) is 5.24. The SMILES string of the molecule is C=CC.CCCC(C)(C)N=c1ccn(CC(C)(C)CC(C)(C)Cn2ccc(=N)cc2)cc1. The van der Waals surface area contributed by atoms with Crippen LogP contribution in [0.15, 0.2) is 66.7 Å². The molecule has 4 nitrogen and oxygen atoms in total. The van der Waals surface area contributed by atoms with E-state index in [9.17, 15) is 0 Å². The number of allylic oxidation sites excluding steroid dienone is 1. The van der Waals surface area contributed by atoms with Crippen molar-refractivity contribution in [2.24, 2.45) is 15.8 Å². The van der Waals surface area contributed by atoms with E-state index in [4.69, 9.17) is 10.4 Å². The molecule has 178 valence electrons. The highest BCUT2D eigenvalue weighted by atomic mass is 15.0. The molecule has 2 rings (SSSR count). The molecule has 0 spiro atoms. The monoisotopic (exact) mass is 438 g/mol. The second kappa shape index (κ2) is 12.0. The summed E-state index contributed by atoms with van der Waals surface area (Å²) in [7, 11) is 0. The van der Waals surface area contributed by atoms with E-state index in [1.165, 1.54) is 0 Å². The molecule has 0 saturated heterocycles. The van der Waals surface area contributed by atoms with Gasteiger partial charge in [-0.25, -0.2) is 0 Å². The number of aromatic nitrogens is 2. The van der Waals surface area contributed by atoms with Crippen molar-refractivity contribution in [3.63, 3.8) is 0 Å². The Morgan fingerprint density at radius 1 is 0.875 bits per heavy atom. The predicted octanol–water partition coefficient (Wildman–Crippen LogP) is 6.58. The maximum absolute atomic E-state index is 7.65. The maximum atomic E-state index is 7.65. The van der Waals surface area contributed by atoms with E-state index < -0.39 is 0 Å². The second-order valence-corrected chi connectivity index (χ2v) is 11.1. The van der Waals surface area contributed by atoms with Crippen LogP contribution in [0.25, 0.3) is 0 Å². The molecule has 2 aromatic heterocycles. The summed E-state index contributed by atoms with van der Waals surface area (Å²) >= 11 is 0. The Morgan fingerprint density at radius 2 is 1.28 bits per heavy atom. The average Bonchev–Trinajstić information content (AvgIpc) is 2.64. The molecule has 2 heterocycles. The van der Waals surface area contributed by atoms with Gasteiger partial charge in [0.1, 0.15) is 0 Å². The highest BCUT2D eigenvalue weighted by Crippen LogP contribution is 2.36. The summed E-state index contributed by atoms with van der Waals surface area (Å²) in [6, 6.07) is 7.98. The van der Waals surface area contributed by atoms with Crippen molar-refractivity contribution in [3.8, 4) is 0 Å². The van der Waals surface area contributed by atoms with E-state index in [0.717, 1.165) is 37.7 Å². The summed E-state index contributed by atoms with van der Waals surface area (Å²) in [6.07, 6.45) is 13.5. The van der Waals surface area contributed by atoms with E-state index >= 15 is 0 Å². The van der Waals surface area contributed by atoms with Crippen LogP contribution in [-0.2, 0) is 13.1 Å². The maximum Gasteiger partial charge on any atom is 0.0609 e. The number of rotatable bonds is 9. The molecule has 2 aromatic rings. The quantitative estimate of drug-likeness (QED) is 0.430. The fraction of sp³-hybridized carbons (Fsp3) is 0.571. The molecule has 0 amide bonds. The van der Waals surface area contributed by atoms with Crippen molar-refractivity contribution >= 4 is 0 Å². The Balaban J connectivity index is 0.00000161. The molecular weight excluding hydrogens is 392 g/mol. The summed E-state index contributed by atoms with van der Waals surface area (Å²) in [4.78, 5) is 4.90. The van der Waals surface area contributed by atoms with Crippen LogP contribution < -0.4 is 10.7 Å². The van der Waals surface area contributed by atoms with Crippen molar-refractivity contribution in [1.29, 1.82) is 5.41 Å². The first-order chi connectivity index (χ1) is 14.8. The Labute approximate surface area is 196 Å². The molecule has 1 N–H and O–H groups in total. The van der Waals surface area contributed by atoms with Gasteiger partial charge >= 0.3 is 0 Å². The summed E-state index contributed by atoms with van der Waals surface area (Å²) in [5.41, 5.74) is 0.335. The van der Waals surface area contributed by atoms with E-state index in [1.807, 2.05) is 31.5 Å². The number of nitrogens with zero attached hydrogens (tertiary/aromatic N) is 3. The van der Waals surface area contributed by atoms with E-state index in [2.05, 4.69) is 88.7 Å². The Bertz CT molecular complexity index is 917. The lowest BCUT2D eigenvalue weighted by Gasteiger charge is -2.36. The molecule has 0 aliphatic rings. The first kappa shape index (κ1) is 27.7. The zero-order chi connectivity index (χ0) is 24.4. The minimum atomic E-state index is 0.0000604. The first-order valence-corrected chi connectivity index (χ1v) is 11.8. The van der Waals surface area contributed by atoms with E-state index in [1.54, 1.807) is 6.08 Å². The van der Waals surface area contributed by atoms with Gasteiger partial charge < -0.3 is 14.5 Å². The lowest BCUT2D eigenvalue weighted by Crippen LogP contribution is -2.30. The van der Waals surface area contributed by atoms with Gasteiger partial charge in [-0.15, -0.1) is 6.58 Å². The van der Waals surface area contributed by atoms with Crippen molar-refractivity contribution in [2.45, 2.75) is 93.3 Å². The van der Waals surface area contributed by atoms with Gasteiger partial charge in [-0.05, 0) is 68.7 Å². The lowest BCUT2D eigenvalue weighted by molar-refractivity contribution is 0.151. The fourth-order valence-corrected chi connectivity index (χ4v) is 4.61. The Hall–Kier alpha value is -2.36. The third kappa shape index (κ3) is 10.8. The van der Waals surface area contributed by atoms with Gasteiger partial charge in [0, 0.05) is 37.9 Å². The summed E-state index contributed by atoms with van der Waals surface area (Å²) in [6.45, 7) is 23.2. The molecule has 0 atom stereocenters. The summed E-state index contributed by atoms with van der Waals surface area (Å²) in [5, 5.41) is 9.27. The highest BCUT2D eigenvalue weighted by molar-refractivity contribution is 4.97. The van der Waals surface area contributed by atoms with Gasteiger partial charge in [-0.2, -0.15) is 0 Å². The van der Waals surface area contributed by atoms with Crippen LogP contribution in [0.1, 0.15) is 74.7 Å². The Morgan fingerprint density at radius 3 is 1.69 bits per heavy atom. The lowest BCUT2D eigenvalue weighted by atomic mass is 9.75. The molecular formula is C28H46N4. The van der Waals surface area contributed by atoms with E-state index in [-0.39, 0.29) is 16.4 Å². The molecule has 0 aliphatic carbocycles. The van der Waals surface area contributed by atoms with E-state index in [0.29, 0.717) is 5.36 Å². The topological polar surface area (TPSA) is 46.1 Å². The van der Waals surface area contributed by atoms with Crippen LogP contribution >= 0.6 is 0 Å². The zero-order valence-electron chi connectivity index (χ0n) is 21.8. The predicted molar refractivity (Wildman–Crippen MR) is 137 cm³/mol. The molecule has 0 fully saturated rings. The van der Waals surface area contributed by atoms with Crippen LogP contribution in [0.5, 0.6) is 0 Å². The van der Waals surface area contributed by atoms with Crippen molar-refractivity contribution in [2.75, 3.05) is 0 Å². The molecule has 0 aliphatic heterocycles. The third-order valence-electron chi connectivity index (χ3n) is 5.24. The first-order valence-electron chi connectivity index (χ1n) is 11.8. The summed E-state index contributed by atoms with van der Waals surface area (Å²) in [5.74, 6) is 0. The molecule has 0 aromatic carbocycles. The van der Waals surface area contributed by atoms with Crippen molar-refractivity contribution in [1.82, 2.24) is 9.13 Å². The molecule has 0 saturated carbocycles. The van der Waals surface area contributed by atoms with Crippen molar-refractivity contribution < 1.29 is 0 Å². The van der Waals surface area contributed by atoms with Crippen LogP contribution in [0.4, 0.5) is 0 Å². The van der Waals surface area contributed by atoms with Crippen molar-refractivity contribution in [3.05, 3.63) is 72.4 Å². The number of hydrogen-bond acceptors (Lipinski definition) is 2. The minimum absolute atomic E-state index is 0.0000604. The van der Waals surface area contributed by atoms with Gasteiger partial charge in [-0.1, -0.05) is 47.1 Å². The van der Waals surface area contributed by atoms with Gasteiger partial charge in [0.2, 0.25) is 0 Å². The summed E-state index contributed by atoms with van der Waals surface area (Å²) < 4.78 is 4.47. The zero-order valence-corrected chi connectivity index (χ0v) is 21.8. The fourth-order valence-electron chi connectivity index (χ4n) is 4.61. The standard InChI is InChI=1S/C25H40N4.C3H6/c1-8-13-25(6,7)27-22-11-16-29(17-12-22)20-24(4,5)18-23(2,3)19-28-14-9-21(26)10-15-28;1-3-2/h9-12,14-17,26H,8,13,18-20H2,1-7H3;3H,1H2,2H3. The molecule has 0 unspecified atom stereocenters. The van der Waals surface area contributed by atoms with Crippen LogP contribution in [0, 0.1) is 16.2 Å². The van der Waals surface area contributed by atoms with Crippen LogP contribution in [0.3, 0.4) is 0 Å². The van der Waals surface area contributed by atoms with Gasteiger partial charge in [0.15, 0.2) is 0 Å². The smallest absolute Gasteiger partial charge is 0.0609 e. The largest absolute Gasteiger partial charge is 0.354 e. The van der Waals surface area contributed by atoms with Gasteiger partial charge in [-0.3, -0.25) is 4.99 Å². The molecule has 0 radical (unpaired) electrons. The minimum Gasteiger partial charge on any atom is -0.354 e. The molecule has 32 heavy (non-hydrogen) atoms. The highest BCUT2D eigenvalue weighted by Gasteiger charge is 2.29. The van der Waals surface area contributed by atoms with Crippen LogP contribution in [0.2, 0.25) is 0 Å². The number of hydrogen-bond donors (Lipinski definition) is 1. The van der Waals surface area contributed by atoms with Gasteiger partial charge in [0.25, 0.3) is 0 Å². The normalized spacial score (nSPS) is 12.0. The number of pyridine rings is 2. The molecule has 4 heteroatoms. The number of nitrogens with one attached hydrogen (secondary N) is 1. The average molecular weight is 439 g/mol. The second-order valence-electron chi connectivity index (χ2n) is 11.1. The van der Waals surface area contributed by atoms with Crippen LogP contribution in [-0.4, -0.2) is 14.7 Å². The molecule has 0 bridgehead atoms. The Kier molecular flexibility index (Phi) is 10.4.